The molecule has 24 heavy (non-hydrogen) atoms. The van der Waals surface area contributed by atoms with E-state index in [2.05, 4.69) is 11.8 Å². The third-order valence-corrected chi connectivity index (χ3v) is 3.86. The van der Waals surface area contributed by atoms with Crippen LogP contribution in [0.25, 0.3) is 10.9 Å². The Bertz CT molecular complexity index is 966. The van der Waals surface area contributed by atoms with Gasteiger partial charge in [-0.1, -0.05) is 11.8 Å². The Balaban J connectivity index is 2.37. The Labute approximate surface area is 135 Å². The number of fused-ring (bicyclic) bond motifs is 1. The lowest BCUT2D eigenvalue weighted by Gasteiger charge is -2.13. The molecule has 0 spiro atoms. The smallest absolute Gasteiger partial charge is 0.341 e. The number of nitrogens with zero attached hydrogens (tertiary/aromatic N) is 1. The monoisotopic (exact) mass is 332 g/mol. The molecule has 1 heterocycles. The van der Waals surface area contributed by atoms with E-state index < -0.39 is 34.2 Å². The largest absolute Gasteiger partial charge is 0.477 e. The van der Waals surface area contributed by atoms with Crippen LogP contribution in [0.4, 0.5) is 8.78 Å². The van der Waals surface area contributed by atoms with Gasteiger partial charge in [0, 0.05) is 25.2 Å². The van der Waals surface area contributed by atoms with Gasteiger partial charge in [-0.05, 0) is 18.9 Å². The SMILES string of the molecule is NCCC#Cc1c(F)cc2c(=O)c(C(=O)O)cn(C3CC3)c2c1F. The van der Waals surface area contributed by atoms with E-state index in [1.165, 1.54) is 4.57 Å². The van der Waals surface area contributed by atoms with Crippen LogP contribution in [0.1, 0.15) is 41.2 Å². The average molecular weight is 332 g/mol. The van der Waals surface area contributed by atoms with Crippen molar-refractivity contribution in [3.05, 3.63) is 45.2 Å². The molecule has 1 aliphatic carbocycles. The van der Waals surface area contributed by atoms with E-state index >= 15 is 0 Å². The fourth-order valence-corrected chi connectivity index (χ4v) is 2.57. The zero-order valence-electron chi connectivity index (χ0n) is 12.6. The predicted octanol–water partition coefficient (Wildman–Crippen LogP) is 2.01. The quantitative estimate of drug-likeness (QED) is 0.842. The zero-order chi connectivity index (χ0) is 17.4. The molecular weight excluding hydrogens is 318 g/mol. The minimum atomic E-state index is -1.43. The van der Waals surface area contributed by atoms with Crippen LogP contribution >= 0.6 is 0 Å². The Morgan fingerprint density at radius 3 is 2.71 bits per heavy atom. The average Bonchev–Trinajstić information content (AvgIpc) is 3.36. The molecule has 5 nitrogen and oxygen atoms in total. The molecule has 3 rings (SSSR count). The van der Waals surface area contributed by atoms with Crippen LogP contribution in [0.15, 0.2) is 17.1 Å². The maximum atomic E-state index is 14.8. The molecule has 0 atom stereocenters. The van der Waals surface area contributed by atoms with Crippen LogP contribution < -0.4 is 11.2 Å². The highest BCUT2D eigenvalue weighted by molar-refractivity contribution is 5.93. The van der Waals surface area contributed by atoms with E-state index in [0.29, 0.717) is 0 Å². The Hall–Kier alpha value is -2.72. The van der Waals surface area contributed by atoms with Crippen molar-refractivity contribution >= 4 is 16.9 Å². The Kier molecular flexibility index (Phi) is 4.08. The lowest BCUT2D eigenvalue weighted by molar-refractivity contribution is 0.0695. The second kappa shape index (κ2) is 6.06. The molecule has 1 fully saturated rings. The summed E-state index contributed by atoms with van der Waals surface area (Å²) in [6.07, 6.45) is 2.89. The predicted molar refractivity (Wildman–Crippen MR) is 83.9 cm³/mol. The summed E-state index contributed by atoms with van der Waals surface area (Å²) < 4.78 is 30.4. The lowest BCUT2D eigenvalue weighted by atomic mass is 10.1. The number of hydrogen-bond donors (Lipinski definition) is 2. The van der Waals surface area contributed by atoms with Crippen molar-refractivity contribution in [3.63, 3.8) is 0 Å². The number of aromatic carboxylic acids is 1. The molecule has 1 saturated carbocycles. The molecule has 7 heteroatoms. The number of benzene rings is 1. The van der Waals surface area contributed by atoms with Crippen molar-refractivity contribution in [2.75, 3.05) is 6.54 Å². The van der Waals surface area contributed by atoms with E-state index in [0.717, 1.165) is 25.1 Å². The molecule has 0 unspecified atom stereocenters. The van der Waals surface area contributed by atoms with Gasteiger partial charge in [0.15, 0.2) is 5.82 Å². The zero-order valence-corrected chi connectivity index (χ0v) is 12.6. The van der Waals surface area contributed by atoms with Crippen LogP contribution in [0.3, 0.4) is 0 Å². The third kappa shape index (κ3) is 2.65. The highest BCUT2D eigenvalue weighted by atomic mass is 19.1. The van der Waals surface area contributed by atoms with E-state index in [9.17, 15) is 18.4 Å². The Morgan fingerprint density at radius 1 is 1.42 bits per heavy atom. The first kappa shape index (κ1) is 16.1. The molecule has 1 aliphatic rings. The topological polar surface area (TPSA) is 85.3 Å². The van der Waals surface area contributed by atoms with Gasteiger partial charge in [-0.3, -0.25) is 4.79 Å². The number of aromatic nitrogens is 1. The number of pyridine rings is 1. The Morgan fingerprint density at radius 2 is 2.12 bits per heavy atom. The fraction of sp³-hybridized carbons (Fsp3) is 0.294. The van der Waals surface area contributed by atoms with Crippen molar-refractivity contribution in [2.24, 2.45) is 5.73 Å². The molecule has 124 valence electrons. The fourth-order valence-electron chi connectivity index (χ4n) is 2.57. The molecule has 0 aliphatic heterocycles. The van der Waals surface area contributed by atoms with Crippen molar-refractivity contribution < 1.29 is 18.7 Å². The molecule has 0 bridgehead atoms. The van der Waals surface area contributed by atoms with Gasteiger partial charge in [0.05, 0.1) is 16.5 Å². The van der Waals surface area contributed by atoms with Crippen molar-refractivity contribution in [2.45, 2.75) is 25.3 Å². The summed E-state index contributed by atoms with van der Waals surface area (Å²) in [5.74, 6) is 1.61. The molecule has 1 aromatic heterocycles. The van der Waals surface area contributed by atoms with Gasteiger partial charge < -0.3 is 15.4 Å². The third-order valence-electron chi connectivity index (χ3n) is 3.86. The number of hydrogen-bond acceptors (Lipinski definition) is 3. The van der Waals surface area contributed by atoms with Gasteiger partial charge in [-0.15, -0.1) is 0 Å². The summed E-state index contributed by atoms with van der Waals surface area (Å²) in [5, 5.41) is 8.86. The summed E-state index contributed by atoms with van der Waals surface area (Å²) in [4.78, 5) is 23.5. The first-order valence-electron chi connectivity index (χ1n) is 7.44. The molecule has 1 aromatic carbocycles. The maximum absolute atomic E-state index is 14.8. The lowest BCUT2D eigenvalue weighted by Crippen LogP contribution is -2.20. The van der Waals surface area contributed by atoms with Gasteiger partial charge >= 0.3 is 5.97 Å². The summed E-state index contributed by atoms with van der Waals surface area (Å²) in [7, 11) is 0. The van der Waals surface area contributed by atoms with E-state index in [1.807, 2.05) is 0 Å². The van der Waals surface area contributed by atoms with E-state index in [1.54, 1.807) is 0 Å². The number of halogens is 2. The van der Waals surface area contributed by atoms with Crippen molar-refractivity contribution in [3.8, 4) is 11.8 Å². The number of rotatable bonds is 3. The van der Waals surface area contributed by atoms with Crippen molar-refractivity contribution in [1.29, 1.82) is 0 Å². The number of nitrogens with two attached hydrogens (primary N) is 1. The standard InChI is InChI=1S/C17H14F2N2O3/c18-13-7-11-15(14(19)10(13)3-1-2-6-20)21(9-4-5-9)8-12(16(11)22)17(23)24/h7-9H,2,4-6,20H2,(H,23,24). The van der Waals surface area contributed by atoms with Crippen LogP contribution in [-0.4, -0.2) is 22.2 Å². The minimum absolute atomic E-state index is 0.101. The molecule has 2 aromatic rings. The first-order valence-corrected chi connectivity index (χ1v) is 7.44. The maximum Gasteiger partial charge on any atom is 0.341 e. The van der Waals surface area contributed by atoms with E-state index in [4.69, 9.17) is 10.8 Å². The van der Waals surface area contributed by atoms with Gasteiger partial charge in [-0.2, -0.15) is 0 Å². The molecule has 0 saturated heterocycles. The van der Waals surface area contributed by atoms with Gasteiger partial charge in [0.1, 0.15) is 11.4 Å². The second-order valence-corrected chi connectivity index (χ2v) is 5.60. The number of carbonyl (C=O) groups is 1. The van der Waals surface area contributed by atoms with Crippen LogP contribution in [-0.2, 0) is 0 Å². The first-order chi connectivity index (χ1) is 11.5. The molecule has 0 amide bonds. The summed E-state index contributed by atoms with van der Waals surface area (Å²) in [6.45, 7) is 0.262. The normalized spacial score (nSPS) is 13.6. The van der Waals surface area contributed by atoms with Crippen LogP contribution in [0.5, 0.6) is 0 Å². The van der Waals surface area contributed by atoms with E-state index in [-0.39, 0.29) is 29.9 Å². The minimum Gasteiger partial charge on any atom is -0.477 e. The van der Waals surface area contributed by atoms with Gasteiger partial charge in [-0.25, -0.2) is 13.6 Å². The number of carboxylic acid groups (broad SMARTS) is 1. The summed E-state index contributed by atoms with van der Waals surface area (Å²) in [5.41, 5.74) is 3.35. The highest BCUT2D eigenvalue weighted by Crippen LogP contribution is 2.38. The number of carboxylic acids is 1. The van der Waals surface area contributed by atoms with Crippen LogP contribution in [0.2, 0.25) is 0 Å². The summed E-state index contributed by atoms with van der Waals surface area (Å²) >= 11 is 0. The molecule has 0 radical (unpaired) electrons. The van der Waals surface area contributed by atoms with Gasteiger partial charge in [0.25, 0.3) is 0 Å². The van der Waals surface area contributed by atoms with Gasteiger partial charge in [0.2, 0.25) is 5.43 Å². The van der Waals surface area contributed by atoms with Crippen molar-refractivity contribution in [1.82, 2.24) is 4.57 Å². The second-order valence-electron chi connectivity index (χ2n) is 5.60. The highest BCUT2D eigenvalue weighted by Gasteiger charge is 2.29. The van der Waals surface area contributed by atoms with Crippen LogP contribution in [0, 0.1) is 23.5 Å². The summed E-state index contributed by atoms with van der Waals surface area (Å²) in [6, 6.07) is 0.759. The molecule has 3 N–H and O–H groups in total. The molecular formula is C17H14F2N2O3.